The summed E-state index contributed by atoms with van der Waals surface area (Å²) in [6, 6.07) is 3.37. The molecule has 1 aromatic rings. The summed E-state index contributed by atoms with van der Waals surface area (Å²) in [5.41, 5.74) is 2.55. The Morgan fingerprint density at radius 1 is 1.28 bits per heavy atom. The van der Waals surface area contributed by atoms with E-state index in [-0.39, 0.29) is 23.5 Å². The van der Waals surface area contributed by atoms with Crippen molar-refractivity contribution in [3.05, 3.63) is 35.7 Å². The number of hydrogen-bond acceptors (Lipinski definition) is 5. The fraction of sp³-hybridized carbons (Fsp3) is 0.556. The lowest BCUT2D eigenvalue weighted by molar-refractivity contribution is 0.0949. The third-order valence-corrected chi connectivity index (χ3v) is 6.48. The molecule has 1 unspecified atom stereocenters. The quantitative estimate of drug-likeness (QED) is 0.757. The van der Waals surface area contributed by atoms with Crippen LogP contribution in [0.25, 0.3) is 0 Å². The highest BCUT2D eigenvalue weighted by Gasteiger charge is 2.27. The van der Waals surface area contributed by atoms with Crippen LogP contribution < -0.4 is 10.6 Å². The largest absolute Gasteiger partial charge is 0.380 e. The number of sulfone groups is 1. The first-order chi connectivity index (χ1) is 12.0. The van der Waals surface area contributed by atoms with Gasteiger partial charge in [-0.3, -0.25) is 4.79 Å². The molecule has 25 heavy (non-hydrogen) atoms. The summed E-state index contributed by atoms with van der Waals surface area (Å²) < 4.78 is 23.0. The first-order valence-electron chi connectivity index (χ1n) is 8.91. The number of nitrogens with zero attached hydrogens (tertiary/aromatic N) is 1. The van der Waals surface area contributed by atoms with Crippen LogP contribution in [-0.2, 0) is 9.84 Å². The number of carbonyl (C=O) groups is 1. The zero-order chi connectivity index (χ0) is 17.7. The highest BCUT2D eigenvalue weighted by Crippen LogP contribution is 2.19. The van der Waals surface area contributed by atoms with E-state index in [1.807, 2.05) is 0 Å². The molecule has 7 heteroatoms. The van der Waals surface area contributed by atoms with Gasteiger partial charge in [0, 0.05) is 12.6 Å². The Labute approximate surface area is 149 Å². The molecule has 6 nitrogen and oxygen atoms in total. The second-order valence-electron chi connectivity index (χ2n) is 6.79. The summed E-state index contributed by atoms with van der Waals surface area (Å²) >= 11 is 0. The van der Waals surface area contributed by atoms with Gasteiger partial charge in [-0.15, -0.1) is 0 Å². The minimum atomic E-state index is -2.91. The molecule has 1 fully saturated rings. The highest BCUT2D eigenvalue weighted by molar-refractivity contribution is 7.91. The summed E-state index contributed by atoms with van der Waals surface area (Å²) in [6.07, 6.45) is 10.2. The lowest BCUT2D eigenvalue weighted by atomic mass is 9.97. The van der Waals surface area contributed by atoms with E-state index >= 15 is 0 Å². The predicted octanol–water partition coefficient (Wildman–Crippen LogP) is 2.30. The van der Waals surface area contributed by atoms with Gasteiger partial charge in [0.1, 0.15) is 5.69 Å². The Kier molecular flexibility index (Phi) is 5.73. The number of pyridine rings is 1. The van der Waals surface area contributed by atoms with Crippen molar-refractivity contribution in [2.75, 3.05) is 23.4 Å². The number of aromatic nitrogens is 1. The van der Waals surface area contributed by atoms with Crippen molar-refractivity contribution in [1.82, 2.24) is 10.3 Å². The SMILES string of the molecule is O=C(NCCC1=CCCCC1)c1ccc(NC2CCS(=O)(=O)C2)cn1. The van der Waals surface area contributed by atoms with Crippen LogP contribution in [-0.4, -0.2) is 43.4 Å². The minimum Gasteiger partial charge on any atom is -0.380 e. The van der Waals surface area contributed by atoms with Crippen molar-refractivity contribution >= 4 is 21.4 Å². The molecular weight excluding hydrogens is 338 g/mol. The van der Waals surface area contributed by atoms with E-state index in [0.717, 1.165) is 24.9 Å². The summed E-state index contributed by atoms with van der Waals surface area (Å²) in [5.74, 6) is 0.214. The van der Waals surface area contributed by atoms with E-state index in [0.29, 0.717) is 18.7 Å². The maximum atomic E-state index is 12.1. The number of hydrogen-bond donors (Lipinski definition) is 2. The summed E-state index contributed by atoms with van der Waals surface area (Å²) in [5, 5.41) is 6.08. The molecule has 1 amide bonds. The molecule has 2 heterocycles. The lowest BCUT2D eigenvalue weighted by Crippen LogP contribution is -2.26. The van der Waals surface area contributed by atoms with E-state index in [9.17, 15) is 13.2 Å². The average Bonchev–Trinajstić information content (AvgIpc) is 2.95. The van der Waals surface area contributed by atoms with Crippen molar-refractivity contribution in [3.8, 4) is 0 Å². The van der Waals surface area contributed by atoms with E-state index in [2.05, 4.69) is 21.7 Å². The maximum Gasteiger partial charge on any atom is 0.269 e. The van der Waals surface area contributed by atoms with Crippen LogP contribution in [0.15, 0.2) is 30.0 Å². The molecule has 3 rings (SSSR count). The second-order valence-corrected chi connectivity index (χ2v) is 9.02. The molecule has 1 aromatic heterocycles. The molecule has 1 atom stereocenters. The molecule has 136 valence electrons. The first-order valence-corrected chi connectivity index (χ1v) is 10.7. The van der Waals surface area contributed by atoms with Gasteiger partial charge in [0.2, 0.25) is 0 Å². The number of rotatable bonds is 6. The van der Waals surface area contributed by atoms with E-state index < -0.39 is 9.84 Å². The topological polar surface area (TPSA) is 88.2 Å². The van der Waals surface area contributed by atoms with Gasteiger partial charge in [-0.25, -0.2) is 13.4 Å². The molecule has 2 N–H and O–H groups in total. The number of allylic oxidation sites excluding steroid dienone is 1. The Balaban J connectivity index is 1.46. The monoisotopic (exact) mass is 363 g/mol. The zero-order valence-corrected chi connectivity index (χ0v) is 15.1. The van der Waals surface area contributed by atoms with Crippen LogP contribution in [0.1, 0.15) is 49.0 Å². The van der Waals surface area contributed by atoms with Gasteiger partial charge >= 0.3 is 0 Å². The predicted molar refractivity (Wildman–Crippen MR) is 98.4 cm³/mol. The van der Waals surface area contributed by atoms with Gasteiger partial charge in [0.15, 0.2) is 9.84 Å². The molecule has 0 radical (unpaired) electrons. The normalized spacial score (nSPS) is 22.2. The molecule has 0 aromatic carbocycles. The first kappa shape index (κ1) is 17.9. The van der Waals surface area contributed by atoms with Gasteiger partial charge in [0.05, 0.1) is 23.4 Å². The standard InChI is InChI=1S/C18H25N3O3S/c22-18(19-10-8-14-4-2-1-3-5-14)17-7-6-15(12-20-17)21-16-9-11-25(23,24)13-16/h4,6-7,12,16,21H,1-3,5,8-11,13H2,(H,19,22). The highest BCUT2D eigenvalue weighted by atomic mass is 32.2. The summed E-state index contributed by atoms with van der Waals surface area (Å²) in [6.45, 7) is 0.631. The zero-order valence-electron chi connectivity index (χ0n) is 14.3. The van der Waals surface area contributed by atoms with Crippen LogP contribution in [0, 0.1) is 0 Å². The second kappa shape index (κ2) is 7.99. The fourth-order valence-electron chi connectivity index (χ4n) is 3.32. The van der Waals surface area contributed by atoms with Crippen LogP contribution in [0.3, 0.4) is 0 Å². The molecule has 0 bridgehead atoms. The Bertz CT molecular complexity index is 741. The van der Waals surface area contributed by atoms with Crippen LogP contribution in [0.2, 0.25) is 0 Å². The summed E-state index contributed by atoms with van der Waals surface area (Å²) in [4.78, 5) is 16.3. The van der Waals surface area contributed by atoms with Crippen LogP contribution in [0.4, 0.5) is 5.69 Å². The van der Waals surface area contributed by atoms with Gasteiger partial charge < -0.3 is 10.6 Å². The van der Waals surface area contributed by atoms with Crippen molar-refractivity contribution < 1.29 is 13.2 Å². The average molecular weight is 363 g/mol. The molecule has 0 spiro atoms. The summed E-state index contributed by atoms with van der Waals surface area (Å²) in [7, 11) is -2.91. The van der Waals surface area contributed by atoms with E-state index in [1.165, 1.54) is 18.4 Å². The van der Waals surface area contributed by atoms with Crippen molar-refractivity contribution in [3.63, 3.8) is 0 Å². The third-order valence-electron chi connectivity index (χ3n) is 4.72. The Morgan fingerprint density at radius 2 is 2.16 bits per heavy atom. The Hall–Kier alpha value is -1.89. The minimum absolute atomic E-state index is 0.0738. The number of carbonyl (C=O) groups excluding carboxylic acids is 1. The molecule has 0 saturated carbocycles. The lowest BCUT2D eigenvalue weighted by Gasteiger charge is -2.13. The van der Waals surface area contributed by atoms with Gasteiger partial charge in [-0.2, -0.15) is 0 Å². The fourth-order valence-corrected chi connectivity index (χ4v) is 4.99. The number of nitrogens with one attached hydrogen (secondary N) is 2. The van der Waals surface area contributed by atoms with Crippen molar-refractivity contribution in [2.24, 2.45) is 0 Å². The van der Waals surface area contributed by atoms with Gasteiger partial charge in [-0.1, -0.05) is 11.6 Å². The number of anilines is 1. The number of amides is 1. The van der Waals surface area contributed by atoms with E-state index in [1.54, 1.807) is 18.3 Å². The Morgan fingerprint density at radius 3 is 2.80 bits per heavy atom. The molecule has 1 saturated heterocycles. The molecule has 1 aliphatic heterocycles. The molecule has 1 aliphatic carbocycles. The smallest absolute Gasteiger partial charge is 0.269 e. The molecule has 2 aliphatic rings. The van der Waals surface area contributed by atoms with E-state index in [4.69, 9.17) is 0 Å². The van der Waals surface area contributed by atoms with Crippen LogP contribution >= 0.6 is 0 Å². The van der Waals surface area contributed by atoms with Crippen LogP contribution in [0.5, 0.6) is 0 Å². The third kappa shape index (κ3) is 5.29. The van der Waals surface area contributed by atoms with Gasteiger partial charge in [0.25, 0.3) is 5.91 Å². The van der Waals surface area contributed by atoms with Crippen molar-refractivity contribution in [1.29, 1.82) is 0 Å². The maximum absolute atomic E-state index is 12.1. The molecular formula is C18H25N3O3S. The van der Waals surface area contributed by atoms with Crippen molar-refractivity contribution in [2.45, 2.75) is 44.6 Å². The van der Waals surface area contributed by atoms with Gasteiger partial charge in [-0.05, 0) is 50.7 Å².